The zero-order valence-electron chi connectivity index (χ0n) is 15.1. The van der Waals surface area contributed by atoms with Crippen LogP contribution >= 0.6 is 0 Å². The summed E-state index contributed by atoms with van der Waals surface area (Å²) in [4.78, 5) is 14.6. The second-order valence-electron chi connectivity index (χ2n) is 5.96. The number of nitrogens with zero attached hydrogens (tertiary/aromatic N) is 1. The van der Waals surface area contributed by atoms with Crippen LogP contribution in [0.5, 0.6) is 5.75 Å². The van der Waals surface area contributed by atoms with E-state index in [1.165, 1.54) is 18.3 Å². The first-order chi connectivity index (χ1) is 13.5. The Morgan fingerprint density at radius 1 is 0.929 bits per heavy atom. The van der Waals surface area contributed by atoms with Gasteiger partial charge in [0.05, 0.1) is 16.7 Å². The number of hydrogen-bond donors (Lipinski definition) is 1. The largest absolute Gasteiger partial charge is 0.422 e. The van der Waals surface area contributed by atoms with Crippen molar-refractivity contribution in [2.45, 2.75) is 11.8 Å². The van der Waals surface area contributed by atoms with Gasteiger partial charge in [-0.1, -0.05) is 48.0 Å². The molecule has 0 aliphatic carbocycles. The van der Waals surface area contributed by atoms with Gasteiger partial charge in [0.15, 0.2) is 0 Å². The summed E-state index contributed by atoms with van der Waals surface area (Å²) in [6.45, 7) is 1.93. The molecule has 0 aliphatic rings. The Labute approximate surface area is 163 Å². The number of rotatable bonds is 6. The first-order valence-corrected chi connectivity index (χ1v) is 9.92. The number of sulfonamides is 1. The first kappa shape index (κ1) is 19.3. The molecular formula is C21H18N2O4S. The lowest BCUT2D eigenvalue weighted by molar-refractivity contribution is 0.0734. The summed E-state index contributed by atoms with van der Waals surface area (Å²) in [6, 6.07) is 21.6. The number of ether oxygens (including phenoxy) is 1. The summed E-state index contributed by atoms with van der Waals surface area (Å²) >= 11 is 0. The normalized spacial score (nSPS) is 11.3. The minimum absolute atomic E-state index is 0.103. The van der Waals surface area contributed by atoms with Crippen molar-refractivity contribution in [1.29, 1.82) is 0 Å². The number of carbonyl (C=O) groups is 1. The fourth-order valence-electron chi connectivity index (χ4n) is 2.35. The highest BCUT2D eigenvalue weighted by Gasteiger charge is 2.13. The zero-order valence-corrected chi connectivity index (χ0v) is 15.9. The van der Waals surface area contributed by atoms with E-state index >= 15 is 0 Å². The van der Waals surface area contributed by atoms with Gasteiger partial charge < -0.3 is 4.74 Å². The molecular weight excluding hydrogens is 376 g/mol. The standard InChI is InChI=1S/C21H18N2O4S/c1-16-11-13-17(14-12-16)21(24)27-20-10-6-5-7-18(20)15-22-23-28(25,26)19-8-3-2-4-9-19/h2-15,23H,1H3. The van der Waals surface area contributed by atoms with E-state index in [1.807, 2.05) is 19.1 Å². The molecule has 7 heteroatoms. The van der Waals surface area contributed by atoms with Gasteiger partial charge in [0.25, 0.3) is 10.0 Å². The van der Waals surface area contributed by atoms with E-state index in [-0.39, 0.29) is 10.6 Å². The summed E-state index contributed by atoms with van der Waals surface area (Å²) in [6.07, 6.45) is 1.29. The van der Waals surface area contributed by atoms with Crippen molar-refractivity contribution in [2.75, 3.05) is 0 Å². The predicted molar refractivity (Wildman–Crippen MR) is 107 cm³/mol. The molecule has 0 amide bonds. The maximum atomic E-state index is 12.3. The van der Waals surface area contributed by atoms with Crippen molar-refractivity contribution < 1.29 is 17.9 Å². The average Bonchev–Trinajstić information content (AvgIpc) is 2.70. The second-order valence-corrected chi connectivity index (χ2v) is 7.62. The quantitative estimate of drug-likeness (QED) is 0.300. The predicted octanol–water partition coefficient (Wildman–Crippen LogP) is 3.53. The lowest BCUT2D eigenvalue weighted by Gasteiger charge is -2.08. The van der Waals surface area contributed by atoms with Crippen LogP contribution in [-0.4, -0.2) is 20.6 Å². The fraction of sp³-hybridized carbons (Fsp3) is 0.0476. The molecule has 0 atom stereocenters. The van der Waals surface area contributed by atoms with Crippen LogP contribution in [0, 0.1) is 6.92 Å². The first-order valence-electron chi connectivity index (χ1n) is 8.43. The Morgan fingerprint density at radius 2 is 1.57 bits per heavy atom. The van der Waals surface area contributed by atoms with Crippen LogP contribution < -0.4 is 9.57 Å². The number of para-hydroxylation sites is 1. The van der Waals surface area contributed by atoms with Crippen LogP contribution in [-0.2, 0) is 10.0 Å². The minimum Gasteiger partial charge on any atom is -0.422 e. The summed E-state index contributed by atoms with van der Waals surface area (Å²) in [5.74, 6) is -0.235. The van der Waals surface area contributed by atoms with Crippen LogP contribution in [0.1, 0.15) is 21.5 Å². The molecule has 0 spiro atoms. The number of hydrogen-bond acceptors (Lipinski definition) is 5. The van der Waals surface area contributed by atoms with Crippen molar-refractivity contribution >= 4 is 22.2 Å². The molecule has 3 aromatic carbocycles. The van der Waals surface area contributed by atoms with E-state index in [0.29, 0.717) is 11.1 Å². The molecule has 0 radical (unpaired) electrons. The Morgan fingerprint density at radius 3 is 2.29 bits per heavy atom. The Hall–Kier alpha value is -3.45. The molecule has 6 nitrogen and oxygen atoms in total. The molecule has 142 valence electrons. The van der Waals surface area contributed by atoms with E-state index < -0.39 is 16.0 Å². The molecule has 0 aliphatic heterocycles. The minimum atomic E-state index is -3.77. The summed E-state index contributed by atoms with van der Waals surface area (Å²) in [5.41, 5.74) is 1.91. The summed E-state index contributed by atoms with van der Waals surface area (Å²) in [7, 11) is -3.77. The fourth-order valence-corrected chi connectivity index (χ4v) is 3.16. The highest BCUT2D eigenvalue weighted by atomic mass is 32.2. The van der Waals surface area contributed by atoms with Crippen molar-refractivity contribution in [3.8, 4) is 5.75 Å². The van der Waals surface area contributed by atoms with Gasteiger partial charge >= 0.3 is 5.97 Å². The van der Waals surface area contributed by atoms with Gasteiger partial charge in [-0.05, 0) is 43.3 Å². The molecule has 28 heavy (non-hydrogen) atoms. The van der Waals surface area contributed by atoms with Gasteiger partial charge in [0, 0.05) is 5.56 Å². The number of aryl methyl sites for hydroxylation is 1. The van der Waals surface area contributed by atoms with E-state index in [1.54, 1.807) is 54.6 Å². The lowest BCUT2D eigenvalue weighted by Crippen LogP contribution is -2.18. The van der Waals surface area contributed by atoms with Crippen LogP contribution in [0.15, 0.2) is 88.9 Å². The molecule has 0 aromatic heterocycles. The van der Waals surface area contributed by atoms with Gasteiger partial charge in [-0.2, -0.15) is 13.5 Å². The van der Waals surface area contributed by atoms with E-state index in [9.17, 15) is 13.2 Å². The van der Waals surface area contributed by atoms with Crippen LogP contribution in [0.3, 0.4) is 0 Å². The van der Waals surface area contributed by atoms with Crippen molar-refractivity contribution in [2.24, 2.45) is 5.10 Å². The molecule has 0 heterocycles. The number of carbonyl (C=O) groups excluding carboxylic acids is 1. The van der Waals surface area contributed by atoms with Gasteiger partial charge in [-0.3, -0.25) is 0 Å². The van der Waals surface area contributed by atoms with Crippen molar-refractivity contribution in [1.82, 2.24) is 4.83 Å². The topological polar surface area (TPSA) is 84.8 Å². The Bertz CT molecular complexity index is 1090. The third-order valence-corrected chi connectivity index (χ3v) is 5.08. The second kappa shape index (κ2) is 8.49. The summed E-state index contributed by atoms with van der Waals surface area (Å²) < 4.78 is 29.8. The molecule has 0 saturated carbocycles. The average molecular weight is 394 g/mol. The third-order valence-electron chi connectivity index (χ3n) is 3.84. The van der Waals surface area contributed by atoms with Gasteiger partial charge in [-0.25, -0.2) is 9.63 Å². The van der Waals surface area contributed by atoms with Crippen molar-refractivity contribution in [3.05, 3.63) is 95.6 Å². The number of esters is 1. The number of benzene rings is 3. The lowest BCUT2D eigenvalue weighted by atomic mass is 10.1. The summed E-state index contributed by atoms with van der Waals surface area (Å²) in [5, 5.41) is 3.79. The molecule has 1 N–H and O–H groups in total. The van der Waals surface area contributed by atoms with E-state index in [0.717, 1.165) is 5.56 Å². The Kier molecular flexibility index (Phi) is 5.86. The third kappa shape index (κ3) is 4.83. The number of hydrazone groups is 1. The number of nitrogens with one attached hydrogen (secondary N) is 1. The van der Waals surface area contributed by atoms with E-state index in [4.69, 9.17) is 4.74 Å². The Balaban J connectivity index is 1.74. The van der Waals surface area contributed by atoms with Crippen LogP contribution in [0.25, 0.3) is 0 Å². The smallest absolute Gasteiger partial charge is 0.343 e. The van der Waals surface area contributed by atoms with Gasteiger partial charge in [0.2, 0.25) is 0 Å². The highest BCUT2D eigenvalue weighted by Crippen LogP contribution is 2.18. The van der Waals surface area contributed by atoms with Crippen LogP contribution in [0.4, 0.5) is 0 Å². The molecule has 0 saturated heterocycles. The maximum absolute atomic E-state index is 12.3. The molecule has 0 unspecified atom stereocenters. The zero-order chi connectivity index (χ0) is 20.0. The SMILES string of the molecule is Cc1ccc(C(=O)Oc2ccccc2C=NNS(=O)(=O)c2ccccc2)cc1. The molecule has 3 rings (SSSR count). The van der Waals surface area contributed by atoms with Crippen LogP contribution in [0.2, 0.25) is 0 Å². The van der Waals surface area contributed by atoms with E-state index in [2.05, 4.69) is 9.93 Å². The molecule has 0 bridgehead atoms. The monoisotopic (exact) mass is 394 g/mol. The van der Waals surface area contributed by atoms with Gasteiger partial charge in [0.1, 0.15) is 5.75 Å². The van der Waals surface area contributed by atoms with Crippen molar-refractivity contribution in [3.63, 3.8) is 0 Å². The van der Waals surface area contributed by atoms with Gasteiger partial charge in [-0.15, -0.1) is 0 Å². The molecule has 3 aromatic rings. The molecule has 0 fully saturated rings. The maximum Gasteiger partial charge on any atom is 0.343 e. The highest BCUT2D eigenvalue weighted by molar-refractivity contribution is 7.89.